The van der Waals surface area contributed by atoms with Gasteiger partial charge in [0.05, 0.1) is 34.8 Å². The quantitative estimate of drug-likeness (QED) is 0.880. The number of anilines is 1. The lowest BCUT2D eigenvalue weighted by Crippen LogP contribution is -2.22. The van der Waals surface area contributed by atoms with Crippen LogP contribution in [0, 0.1) is 0 Å². The molecule has 2 N–H and O–H groups in total. The third-order valence-corrected chi connectivity index (χ3v) is 4.45. The Labute approximate surface area is 118 Å². The van der Waals surface area contributed by atoms with Crippen LogP contribution < -0.4 is 5.73 Å². The van der Waals surface area contributed by atoms with Crippen LogP contribution in [0.1, 0.15) is 30.9 Å². The van der Waals surface area contributed by atoms with E-state index in [1.54, 1.807) is 0 Å². The highest BCUT2D eigenvalue weighted by Gasteiger charge is 2.43. The van der Waals surface area contributed by atoms with Crippen molar-refractivity contribution in [1.29, 1.82) is 0 Å². The minimum absolute atomic E-state index is 0.0745. The summed E-state index contributed by atoms with van der Waals surface area (Å²) in [5, 5.41) is 0. The first-order valence-corrected chi connectivity index (χ1v) is 6.93. The lowest BCUT2D eigenvalue weighted by molar-refractivity contribution is -0.137. The van der Waals surface area contributed by atoms with Gasteiger partial charge in [-0.3, -0.25) is 0 Å². The summed E-state index contributed by atoms with van der Waals surface area (Å²) in [6.45, 7) is 0. The van der Waals surface area contributed by atoms with Gasteiger partial charge in [-0.05, 0) is 37.5 Å². The van der Waals surface area contributed by atoms with Crippen LogP contribution in [0.5, 0.6) is 0 Å². The number of ether oxygens (including phenoxy) is 1. The van der Waals surface area contributed by atoms with Crippen molar-refractivity contribution in [1.82, 2.24) is 9.55 Å². The van der Waals surface area contributed by atoms with Crippen LogP contribution in [0.4, 0.5) is 19.1 Å². The molecule has 21 heavy (non-hydrogen) atoms. The molecule has 2 fully saturated rings. The van der Waals surface area contributed by atoms with Gasteiger partial charge in [0.25, 0.3) is 0 Å². The topological polar surface area (TPSA) is 53.1 Å². The zero-order valence-electron chi connectivity index (χ0n) is 11.1. The van der Waals surface area contributed by atoms with Crippen molar-refractivity contribution in [3.8, 4) is 0 Å². The average molecular weight is 297 g/mol. The molecule has 0 radical (unpaired) electrons. The fraction of sp³-hybridized carbons (Fsp3) is 0.500. The van der Waals surface area contributed by atoms with Crippen LogP contribution in [0.25, 0.3) is 11.0 Å². The molecule has 2 saturated heterocycles. The third-order valence-electron chi connectivity index (χ3n) is 4.45. The van der Waals surface area contributed by atoms with Gasteiger partial charge in [0.1, 0.15) is 0 Å². The van der Waals surface area contributed by atoms with Gasteiger partial charge in [0.15, 0.2) is 0 Å². The molecule has 2 bridgehead atoms. The van der Waals surface area contributed by atoms with E-state index in [2.05, 4.69) is 4.98 Å². The molecule has 7 heteroatoms. The Morgan fingerprint density at radius 3 is 2.71 bits per heavy atom. The molecule has 112 valence electrons. The van der Waals surface area contributed by atoms with E-state index in [4.69, 9.17) is 10.5 Å². The minimum atomic E-state index is -4.37. The number of hydrogen-bond acceptors (Lipinski definition) is 3. The molecule has 4 rings (SSSR count). The molecular weight excluding hydrogens is 283 g/mol. The molecule has 3 unspecified atom stereocenters. The monoisotopic (exact) mass is 297 g/mol. The summed E-state index contributed by atoms with van der Waals surface area (Å²) in [7, 11) is 0. The van der Waals surface area contributed by atoms with E-state index in [0.29, 0.717) is 5.52 Å². The van der Waals surface area contributed by atoms with Crippen LogP contribution in [0.15, 0.2) is 18.2 Å². The Kier molecular flexibility index (Phi) is 2.54. The maximum absolute atomic E-state index is 12.8. The summed E-state index contributed by atoms with van der Waals surface area (Å²) in [6, 6.07) is 3.66. The maximum Gasteiger partial charge on any atom is 0.416 e. The molecule has 2 aliphatic heterocycles. The number of benzene rings is 1. The van der Waals surface area contributed by atoms with Crippen molar-refractivity contribution >= 4 is 17.0 Å². The first-order chi connectivity index (χ1) is 9.93. The van der Waals surface area contributed by atoms with Crippen molar-refractivity contribution in [2.24, 2.45) is 0 Å². The summed E-state index contributed by atoms with van der Waals surface area (Å²) in [6.07, 6.45) is -1.17. The summed E-state index contributed by atoms with van der Waals surface area (Å²) < 4.78 is 45.9. The molecule has 0 aliphatic carbocycles. The van der Waals surface area contributed by atoms with Gasteiger partial charge in [-0.25, -0.2) is 4.98 Å². The molecule has 1 aromatic carbocycles. The second-order valence-electron chi connectivity index (χ2n) is 5.72. The predicted molar refractivity (Wildman–Crippen MR) is 70.7 cm³/mol. The highest BCUT2D eigenvalue weighted by molar-refractivity contribution is 5.79. The SMILES string of the molecule is Nc1nc2cc(C(F)(F)F)ccc2n1C1CC2CCC1O2. The summed E-state index contributed by atoms with van der Waals surface area (Å²) >= 11 is 0. The molecule has 1 aromatic heterocycles. The number of fused-ring (bicyclic) bond motifs is 3. The van der Waals surface area contributed by atoms with Gasteiger partial charge in [-0.15, -0.1) is 0 Å². The van der Waals surface area contributed by atoms with Crippen LogP contribution in [-0.4, -0.2) is 21.8 Å². The molecular formula is C14H14F3N3O. The summed E-state index contributed by atoms with van der Waals surface area (Å²) in [4.78, 5) is 4.10. The second kappa shape index (κ2) is 4.13. The first kappa shape index (κ1) is 12.9. The summed E-state index contributed by atoms with van der Waals surface area (Å²) in [5.74, 6) is 0.255. The highest BCUT2D eigenvalue weighted by Crippen LogP contribution is 2.44. The van der Waals surface area contributed by atoms with Crippen molar-refractivity contribution < 1.29 is 17.9 Å². The van der Waals surface area contributed by atoms with E-state index in [-0.39, 0.29) is 29.7 Å². The predicted octanol–water partition coefficient (Wildman–Crippen LogP) is 3.13. The van der Waals surface area contributed by atoms with Crippen molar-refractivity contribution in [2.75, 3.05) is 5.73 Å². The molecule has 2 aromatic rings. The molecule has 3 atom stereocenters. The van der Waals surface area contributed by atoms with E-state index in [1.165, 1.54) is 6.07 Å². The van der Waals surface area contributed by atoms with Crippen molar-refractivity contribution in [3.63, 3.8) is 0 Å². The van der Waals surface area contributed by atoms with Gasteiger partial charge >= 0.3 is 6.18 Å². The minimum Gasteiger partial charge on any atom is -0.373 e. The number of halogens is 3. The zero-order chi connectivity index (χ0) is 14.8. The summed E-state index contributed by atoms with van der Waals surface area (Å²) in [5.41, 5.74) is 6.16. The molecule has 0 saturated carbocycles. The number of nitrogens with two attached hydrogens (primary N) is 1. The first-order valence-electron chi connectivity index (χ1n) is 6.93. The van der Waals surface area contributed by atoms with Crippen molar-refractivity contribution in [3.05, 3.63) is 23.8 Å². The normalized spacial score (nSPS) is 28.6. The Morgan fingerprint density at radius 1 is 1.29 bits per heavy atom. The van der Waals surface area contributed by atoms with Gasteiger partial charge in [-0.1, -0.05) is 0 Å². The fourth-order valence-electron chi connectivity index (χ4n) is 3.52. The number of rotatable bonds is 1. The smallest absolute Gasteiger partial charge is 0.373 e. The molecule has 0 spiro atoms. The Morgan fingerprint density at radius 2 is 2.10 bits per heavy atom. The standard InChI is InChI=1S/C14H14F3N3O/c15-14(16,17)7-1-3-10-9(5-7)19-13(18)20(10)11-6-8-2-4-12(11)21-8/h1,3,5,8,11-12H,2,4,6H2,(H2,18,19). The Hall–Kier alpha value is -1.76. The van der Waals surface area contributed by atoms with Gasteiger partial charge in [-0.2, -0.15) is 13.2 Å². The maximum atomic E-state index is 12.8. The number of nitrogens with zero attached hydrogens (tertiary/aromatic N) is 2. The number of aromatic nitrogens is 2. The van der Waals surface area contributed by atoms with E-state index in [9.17, 15) is 13.2 Å². The fourth-order valence-corrected chi connectivity index (χ4v) is 3.52. The second-order valence-corrected chi connectivity index (χ2v) is 5.72. The molecule has 4 nitrogen and oxygen atoms in total. The van der Waals surface area contributed by atoms with Crippen LogP contribution >= 0.6 is 0 Å². The number of imidazole rings is 1. The average Bonchev–Trinajstić information content (AvgIpc) is 3.08. The van der Waals surface area contributed by atoms with Gasteiger partial charge in [0.2, 0.25) is 5.95 Å². The zero-order valence-corrected chi connectivity index (χ0v) is 11.1. The largest absolute Gasteiger partial charge is 0.416 e. The van der Waals surface area contributed by atoms with Crippen molar-refractivity contribution in [2.45, 2.75) is 43.7 Å². The van der Waals surface area contributed by atoms with Crippen LogP contribution in [0.2, 0.25) is 0 Å². The Bertz CT molecular complexity index is 709. The number of nitrogen functional groups attached to an aromatic ring is 1. The Balaban J connectivity index is 1.81. The number of alkyl halides is 3. The lowest BCUT2D eigenvalue weighted by Gasteiger charge is -2.22. The molecule has 2 aliphatic rings. The van der Waals surface area contributed by atoms with E-state index >= 15 is 0 Å². The highest BCUT2D eigenvalue weighted by atomic mass is 19.4. The van der Waals surface area contributed by atoms with Gasteiger partial charge < -0.3 is 15.0 Å². The van der Waals surface area contributed by atoms with Crippen LogP contribution in [-0.2, 0) is 10.9 Å². The molecule has 3 heterocycles. The van der Waals surface area contributed by atoms with E-state index in [1.807, 2.05) is 4.57 Å². The third kappa shape index (κ3) is 1.91. The van der Waals surface area contributed by atoms with E-state index < -0.39 is 11.7 Å². The molecule has 0 amide bonds. The lowest BCUT2D eigenvalue weighted by atomic mass is 9.95. The van der Waals surface area contributed by atoms with Crippen LogP contribution in [0.3, 0.4) is 0 Å². The number of hydrogen-bond donors (Lipinski definition) is 1. The van der Waals surface area contributed by atoms with Gasteiger partial charge in [0, 0.05) is 0 Å². The van der Waals surface area contributed by atoms with E-state index in [0.717, 1.165) is 31.4 Å².